The monoisotopic (exact) mass is 336 g/mol. The van der Waals surface area contributed by atoms with Gasteiger partial charge in [-0.3, -0.25) is 4.79 Å². The van der Waals surface area contributed by atoms with E-state index in [9.17, 15) is 9.90 Å². The molecule has 1 aromatic heterocycles. The molecule has 1 heterocycles. The molecule has 6 nitrogen and oxygen atoms in total. The number of nitriles is 1. The third-order valence-corrected chi connectivity index (χ3v) is 4.47. The second-order valence-corrected chi connectivity index (χ2v) is 6.18. The molecule has 0 spiro atoms. The first-order chi connectivity index (χ1) is 12.2. The molecular formula is C19H20N4O2. The van der Waals surface area contributed by atoms with Gasteiger partial charge in [0.1, 0.15) is 5.82 Å². The number of nitrogens with zero attached hydrogens (tertiary/aromatic N) is 2. The van der Waals surface area contributed by atoms with Crippen LogP contribution in [0.4, 0.5) is 11.5 Å². The van der Waals surface area contributed by atoms with Crippen LogP contribution in [0.3, 0.4) is 0 Å². The maximum Gasteiger partial charge on any atom is 0.259 e. The topological polar surface area (TPSA) is 98.0 Å². The number of hydrogen-bond acceptors (Lipinski definition) is 5. The first-order valence-corrected chi connectivity index (χ1v) is 8.36. The third-order valence-electron chi connectivity index (χ3n) is 4.47. The van der Waals surface area contributed by atoms with Crippen molar-refractivity contribution in [2.75, 3.05) is 17.2 Å². The molecule has 25 heavy (non-hydrogen) atoms. The Bertz CT molecular complexity index is 783. The summed E-state index contributed by atoms with van der Waals surface area (Å²) in [5.41, 5.74) is 1.60. The fourth-order valence-corrected chi connectivity index (χ4v) is 3.04. The molecule has 0 saturated heterocycles. The maximum absolute atomic E-state index is 12.5. The highest BCUT2D eigenvalue weighted by molar-refractivity contribution is 6.07. The van der Waals surface area contributed by atoms with Gasteiger partial charge in [0, 0.05) is 24.3 Å². The zero-order chi connectivity index (χ0) is 17.6. The summed E-state index contributed by atoms with van der Waals surface area (Å²) in [6.07, 6.45) is 4.19. The Hall–Kier alpha value is -2.91. The van der Waals surface area contributed by atoms with Crippen LogP contribution in [0.25, 0.3) is 0 Å². The Kier molecular flexibility index (Phi) is 5.26. The van der Waals surface area contributed by atoms with E-state index in [1.165, 1.54) is 0 Å². The van der Waals surface area contributed by atoms with Crippen LogP contribution in [0.2, 0.25) is 0 Å². The van der Waals surface area contributed by atoms with E-state index < -0.39 is 0 Å². The van der Waals surface area contributed by atoms with Crippen LogP contribution in [-0.4, -0.2) is 28.6 Å². The maximum atomic E-state index is 12.5. The minimum absolute atomic E-state index is 0.191. The van der Waals surface area contributed by atoms with Crippen LogP contribution < -0.4 is 10.6 Å². The minimum atomic E-state index is -0.285. The number of anilines is 2. The molecule has 1 aliphatic rings. The highest BCUT2D eigenvalue weighted by atomic mass is 16.3. The highest BCUT2D eigenvalue weighted by Gasteiger charge is 2.25. The summed E-state index contributed by atoms with van der Waals surface area (Å²) in [5, 5.41) is 24.7. The van der Waals surface area contributed by atoms with Gasteiger partial charge in [0.2, 0.25) is 0 Å². The SMILES string of the molecule is N#Cc1ccc(NC(=O)c2cccnc2NCC2CCCC2O)cc1. The van der Waals surface area contributed by atoms with E-state index in [4.69, 9.17) is 5.26 Å². The molecule has 1 amide bonds. The minimum Gasteiger partial charge on any atom is -0.393 e. The van der Waals surface area contributed by atoms with Gasteiger partial charge in [-0.1, -0.05) is 6.42 Å². The van der Waals surface area contributed by atoms with Crippen molar-refractivity contribution in [3.05, 3.63) is 53.7 Å². The van der Waals surface area contributed by atoms with Gasteiger partial charge in [-0.05, 0) is 49.2 Å². The average molecular weight is 336 g/mol. The molecule has 0 radical (unpaired) electrons. The predicted octanol–water partition coefficient (Wildman–Crippen LogP) is 2.78. The van der Waals surface area contributed by atoms with Gasteiger partial charge >= 0.3 is 0 Å². The van der Waals surface area contributed by atoms with E-state index in [0.717, 1.165) is 19.3 Å². The molecule has 2 atom stereocenters. The Morgan fingerprint density at radius 2 is 2.08 bits per heavy atom. The van der Waals surface area contributed by atoms with E-state index in [-0.39, 0.29) is 17.9 Å². The fraction of sp³-hybridized carbons (Fsp3) is 0.316. The van der Waals surface area contributed by atoms with Gasteiger partial charge in [-0.2, -0.15) is 5.26 Å². The van der Waals surface area contributed by atoms with Crippen molar-refractivity contribution in [3.63, 3.8) is 0 Å². The first-order valence-electron chi connectivity index (χ1n) is 8.36. The highest BCUT2D eigenvalue weighted by Crippen LogP contribution is 2.26. The quantitative estimate of drug-likeness (QED) is 0.780. The first kappa shape index (κ1) is 16.9. The number of aliphatic hydroxyl groups is 1. The van der Waals surface area contributed by atoms with Crippen molar-refractivity contribution in [3.8, 4) is 6.07 Å². The number of nitrogens with one attached hydrogen (secondary N) is 2. The second-order valence-electron chi connectivity index (χ2n) is 6.18. The fourth-order valence-electron chi connectivity index (χ4n) is 3.04. The summed E-state index contributed by atoms with van der Waals surface area (Å²) in [6.45, 7) is 0.593. The number of aromatic nitrogens is 1. The van der Waals surface area contributed by atoms with E-state index in [1.54, 1.807) is 42.6 Å². The third kappa shape index (κ3) is 4.14. The van der Waals surface area contributed by atoms with Crippen LogP contribution in [0.15, 0.2) is 42.6 Å². The van der Waals surface area contributed by atoms with Crippen LogP contribution in [-0.2, 0) is 0 Å². The van der Waals surface area contributed by atoms with Crippen LogP contribution in [0.1, 0.15) is 35.2 Å². The lowest BCUT2D eigenvalue weighted by Crippen LogP contribution is -2.24. The van der Waals surface area contributed by atoms with E-state index >= 15 is 0 Å². The Morgan fingerprint density at radius 1 is 1.28 bits per heavy atom. The molecule has 1 aliphatic carbocycles. The zero-order valence-electron chi connectivity index (χ0n) is 13.8. The molecule has 1 aromatic carbocycles. The van der Waals surface area contributed by atoms with Crippen molar-refractivity contribution < 1.29 is 9.90 Å². The van der Waals surface area contributed by atoms with E-state index in [0.29, 0.717) is 29.2 Å². The molecule has 3 N–H and O–H groups in total. The summed E-state index contributed by atoms with van der Waals surface area (Å²) in [7, 11) is 0. The van der Waals surface area contributed by atoms with Crippen molar-refractivity contribution in [1.29, 1.82) is 5.26 Å². The number of rotatable bonds is 5. The predicted molar refractivity (Wildman–Crippen MR) is 95.2 cm³/mol. The van der Waals surface area contributed by atoms with Crippen molar-refractivity contribution in [2.24, 2.45) is 5.92 Å². The van der Waals surface area contributed by atoms with Gasteiger partial charge in [0.15, 0.2) is 0 Å². The summed E-state index contributed by atoms with van der Waals surface area (Å²) >= 11 is 0. The molecule has 128 valence electrons. The van der Waals surface area contributed by atoms with Crippen molar-refractivity contribution >= 4 is 17.4 Å². The summed E-state index contributed by atoms with van der Waals surface area (Å²) in [4.78, 5) is 16.8. The number of hydrogen-bond donors (Lipinski definition) is 3. The normalized spacial score (nSPS) is 19.2. The molecule has 1 fully saturated rings. The van der Waals surface area contributed by atoms with Crippen LogP contribution in [0, 0.1) is 17.2 Å². The lowest BCUT2D eigenvalue weighted by Gasteiger charge is -2.17. The zero-order valence-corrected chi connectivity index (χ0v) is 13.8. The number of carbonyl (C=O) groups excluding carboxylic acids is 1. The molecule has 1 saturated carbocycles. The average Bonchev–Trinajstić information content (AvgIpc) is 3.05. The molecule has 2 unspecified atom stereocenters. The molecule has 0 bridgehead atoms. The lowest BCUT2D eigenvalue weighted by molar-refractivity contribution is 0.102. The molecule has 0 aliphatic heterocycles. The van der Waals surface area contributed by atoms with Gasteiger partial charge in [-0.25, -0.2) is 4.98 Å². The number of carbonyl (C=O) groups is 1. The van der Waals surface area contributed by atoms with Crippen LogP contribution in [0.5, 0.6) is 0 Å². The molecule has 3 rings (SSSR count). The Morgan fingerprint density at radius 3 is 2.76 bits per heavy atom. The summed E-state index contributed by atoms with van der Waals surface area (Å²) in [5.74, 6) is 0.427. The standard InChI is InChI=1S/C19H20N4O2/c20-11-13-6-8-15(9-7-13)23-19(25)16-4-2-10-21-18(16)22-12-14-3-1-5-17(14)24/h2,4,6-10,14,17,24H,1,3,5,12H2,(H,21,22)(H,23,25). The van der Waals surface area contributed by atoms with Gasteiger partial charge in [0.05, 0.1) is 23.3 Å². The smallest absolute Gasteiger partial charge is 0.259 e. The molecule has 2 aromatic rings. The van der Waals surface area contributed by atoms with Gasteiger partial charge in [0.25, 0.3) is 5.91 Å². The summed E-state index contributed by atoms with van der Waals surface area (Å²) < 4.78 is 0. The number of amides is 1. The lowest BCUT2D eigenvalue weighted by atomic mass is 10.1. The number of pyridine rings is 1. The van der Waals surface area contributed by atoms with E-state index in [1.807, 2.05) is 6.07 Å². The molecule has 6 heteroatoms. The van der Waals surface area contributed by atoms with Gasteiger partial charge < -0.3 is 15.7 Å². The summed E-state index contributed by atoms with van der Waals surface area (Å²) in [6, 6.07) is 12.1. The Labute approximate surface area is 146 Å². The largest absolute Gasteiger partial charge is 0.393 e. The Balaban J connectivity index is 1.68. The number of benzene rings is 1. The van der Waals surface area contributed by atoms with Crippen LogP contribution >= 0.6 is 0 Å². The van der Waals surface area contributed by atoms with Crippen molar-refractivity contribution in [2.45, 2.75) is 25.4 Å². The molecular weight excluding hydrogens is 316 g/mol. The number of aliphatic hydroxyl groups excluding tert-OH is 1. The van der Waals surface area contributed by atoms with Gasteiger partial charge in [-0.15, -0.1) is 0 Å². The second kappa shape index (κ2) is 7.77. The van der Waals surface area contributed by atoms with Crippen molar-refractivity contribution in [1.82, 2.24) is 4.98 Å². The van der Waals surface area contributed by atoms with E-state index in [2.05, 4.69) is 15.6 Å².